The SMILES string of the molecule is C=CCN1C(=O)/C(=C/c2cccc(OC)c2)SC1=Nc1ccccc1C(=O)O. The molecule has 1 saturated heterocycles. The van der Waals surface area contributed by atoms with Crippen LogP contribution in [-0.2, 0) is 4.79 Å². The van der Waals surface area contributed by atoms with Crippen molar-refractivity contribution in [2.24, 2.45) is 4.99 Å². The number of carbonyl (C=O) groups is 2. The van der Waals surface area contributed by atoms with Crippen LogP contribution in [0.4, 0.5) is 5.69 Å². The van der Waals surface area contributed by atoms with Gasteiger partial charge in [0.2, 0.25) is 0 Å². The standard InChI is InChI=1S/C21H18N2O4S/c1-3-11-23-19(24)18(13-14-7-6-8-15(12-14)27-2)28-21(23)22-17-10-5-4-9-16(17)20(25)26/h3-10,12-13H,1,11H2,2H3,(H,25,26)/b18-13-,22-21?. The second-order valence-corrected chi connectivity index (χ2v) is 6.82. The highest BCUT2D eigenvalue weighted by atomic mass is 32.2. The molecule has 0 bridgehead atoms. The third-order valence-electron chi connectivity index (χ3n) is 3.94. The summed E-state index contributed by atoms with van der Waals surface area (Å²) in [5.74, 6) is -0.590. The molecule has 28 heavy (non-hydrogen) atoms. The van der Waals surface area contributed by atoms with Gasteiger partial charge in [0.15, 0.2) is 5.17 Å². The van der Waals surface area contributed by atoms with E-state index in [0.717, 1.165) is 5.56 Å². The Balaban J connectivity index is 2.00. The molecule has 0 atom stereocenters. The lowest BCUT2D eigenvalue weighted by molar-refractivity contribution is -0.121. The van der Waals surface area contributed by atoms with E-state index >= 15 is 0 Å². The molecule has 6 nitrogen and oxygen atoms in total. The van der Waals surface area contributed by atoms with Crippen LogP contribution in [0.5, 0.6) is 5.75 Å². The third kappa shape index (κ3) is 4.15. The number of amidine groups is 1. The molecule has 0 radical (unpaired) electrons. The molecule has 142 valence electrons. The van der Waals surface area contributed by atoms with E-state index < -0.39 is 5.97 Å². The Bertz CT molecular complexity index is 997. The Kier molecular flexibility index (Phi) is 5.96. The first kappa shape index (κ1) is 19.4. The highest BCUT2D eigenvalue weighted by Gasteiger charge is 2.32. The first-order valence-corrected chi connectivity index (χ1v) is 9.22. The second-order valence-electron chi connectivity index (χ2n) is 5.81. The van der Waals surface area contributed by atoms with E-state index in [4.69, 9.17) is 4.74 Å². The van der Waals surface area contributed by atoms with Gasteiger partial charge in [-0.25, -0.2) is 9.79 Å². The van der Waals surface area contributed by atoms with Crippen molar-refractivity contribution in [3.05, 3.63) is 77.2 Å². The summed E-state index contributed by atoms with van der Waals surface area (Å²) in [5.41, 5.74) is 1.19. The van der Waals surface area contributed by atoms with Crippen LogP contribution in [0.3, 0.4) is 0 Å². The largest absolute Gasteiger partial charge is 0.497 e. The summed E-state index contributed by atoms with van der Waals surface area (Å²) < 4.78 is 5.22. The molecule has 2 aromatic rings. The van der Waals surface area contributed by atoms with Crippen molar-refractivity contribution in [1.82, 2.24) is 4.90 Å². The number of carboxylic acid groups (broad SMARTS) is 1. The van der Waals surface area contributed by atoms with E-state index in [-0.39, 0.29) is 18.0 Å². The monoisotopic (exact) mass is 394 g/mol. The molecule has 1 aliphatic heterocycles. The number of hydrogen-bond acceptors (Lipinski definition) is 5. The maximum atomic E-state index is 12.8. The van der Waals surface area contributed by atoms with Crippen molar-refractivity contribution in [1.29, 1.82) is 0 Å². The Morgan fingerprint density at radius 1 is 1.29 bits per heavy atom. The van der Waals surface area contributed by atoms with Crippen molar-refractivity contribution < 1.29 is 19.4 Å². The topological polar surface area (TPSA) is 79.2 Å². The summed E-state index contributed by atoms with van der Waals surface area (Å²) in [6, 6.07) is 13.8. The van der Waals surface area contributed by atoms with Crippen LogP contribution in [-0.4, -0.2) is 40.7 Å². The fourth-order valence-corrected chi connectivity index (χ4v) is 3.62. The molecule has 0 spiro atoms. The number of aliphatic imine (C=N–C) groups is 1. The zero-order valence-electron chi connectivity index (χ0n) is 15.2. The number of benzene rings is 2. The lowest BCUT2D eigenvalue weighted by Crippen LogP contribution is -2.29. The van der Waals surface area contributed by atoms with Crippen molar-refractivity contribution in [3.8, 4) is 5.75 Å². The molecule has 0 aromatic heterocycles. The average Bonchev–Trinajstić information content (AvgIpc) is 2.97. The number of thioether (sulfide) groups is 1. The summed E-state index contributed by atoms with van der Waals surface area (Å²) >= 11 is 1.20. The number of amides is 1. The quantitative estimate of drug-likeness (QED) is 0.587. The summed E-state index contributed by atoms with van der Waals surface area (Å²) in [5, 5.41) is 9.77. The number of hydrogen-bond donors (Lipinski definition) is 1. The highest BCUT2D eigenvalue weighted by Crippen LogP contribution is 2.35. The predicted octanol–water partition coefficient (Wildman–Crippen LogP) is 4.18. The first-order chi connectivity index (χ1) is 13.5. The molecule has 0 aliphatic carbocycles. The molecular formula is C21H18N2O4S. The molecule has 1 fully saturated rings. The van der Waals surface area contributed by atoms with Crippen molar-refractivity contribution in [3.63, 3.8) is 0 Å². The molecule has 2 aromatic carbocycles. The van der Waals surface area contributed by atoms with Crippen molar-refractivity contribution >= 4 is 40.6 Å². The fourth-order valence-electron chi connectivity index (χ4n) is 2.62. The first-order valence-electron chi connectivity index (χ1n) is 8.41. The van der Waals surface area contributed by atoms with Crippen molar-refractivity contribution in [2.45, 2.75) is 0 Å². The summed E-state index contributed by atoms with van der Waals surface area (Å²) in [4.78, 5) is 30.7. The van der Waals surface area contributed by atoms with E-state index in [1.165, 1.54) is 22.7 Å². The van der Waals surface area contributed by atoms with Crippen LogP contribution in [0.1, 0.15) is 15.9 Å². The highest BCUT2D eigenvalue weighted by molar-refractivity contribution is 8.18. The molecule has 1 N–H and O–H groups in total. The Labute approximate surface area is 166 Å². The van der Waals surface area contributed by atoms with Crippen LogP contribution >= 0.6 is 11.8 Å². The molecule has 7 heteroatoms. The van der Waals surface area contributed by atoms with Gasteiger partial charge in [0, 0.05) is 6.54 Å². The number of ether oxygens (including phenoxy) is 1. The van der Waals surface area contributed by atoms with Gasteiger partial charge >= 0.3 is 5.97 Å². The van der Waals surface area contributed by atoms with E-state index in [1.807, 2.05) is 24.3 Å². The molecular weight excluding hydrogens is 376 g/mol. The number of carbonyl (C=O) groups excluding carboxylic acids is 1. The van der Waals surface area contributed by atoms with Gasteiger partial charge in [-0.15, -0.1) is 6.58 Å². The predicted molar refractivity (Wildman–Crippen MR) is 111 cm³/mol. The number of aromatic carboxylic acids is 1. The minimum Gasteiger partial charge on any atom is -0.497 e. The van der Waals surface area contributed by atoms with Crippen LogP contribution in [0, 0.1) is 0 Å². The van der Waals surface area contributed by atoms with E-state index in [2.05, 4.69) is 11.6 Å². The lowest BCUT2D eigenvalue weighted by Gasteiger charge is -2.13. The number of rotatable bonds is 6. The number of methoxy groups -OCH3 is 1. The third-order valence-corrected chi connectivity index (χ3v) is 4.95. The maximum absolute atomic E-state index is 12.8. The zero-order valence-corrected chi connectivity index (χ0v) is 16.0. The van der Waals surface area contributed by atoms with Crippen molar-refractivity contribution in [2.75, 3.05) is 13.7 Å². The zero-order chi connectivity index (χ0) is 20.1. The van der Waals surface area contributed by atoms with Crippen LogP contribution < -0.4 is 4.74 Å². The van der Waals surface area contributed by atoms with Crippen LogP contribution in [0.25, 0.3) is 6.08 Å². The molecule has 1 amide bonds. The molecule has 0 saturated carbocycles. The summed E-state index contributed by atoms with van der Waals surface area (Å²) in [6.07, 6.45) is 3.36. The minimum atomic E-state index is -1.07. The van der Waals surface area contributed by atoms with Gasteiger partial charge in [0.05, 0.1) is 23.3 Å². The Morgan fingerprint density at radius 2 is 2.07 bits per heavy atom. The van der Waals surface area contributed by atoms with Gasteiger partial charge in [-0.1, -0.05) is 30.3 Å². The Hall–Kier alpha value is -3.32. The smallest absolute Gasteiger partial charge is 0.337 e. The molecule has 0 unspecified atom stereocenters. The van der Waals surface area contributed by atoms with Gasteiger partial charge in [-0.05, 0) is 47.7 Å². The number of nitrogens with zero attached hydrogens (tertiary/aromatic N) is 2. The minimum absolute atomic E-state index is 0.0758. The van der Waals surface area contributed by atoms with Gasteiger partial charge in [-0.3, -0.25) is 9.69 Å². The van der Waals surface area contributed by atoms with E-state index in [9.17, 15) is 14.7 Å². The van der Waals surface area contributed by atoms with Gasteiger partial charge in [0.1, 0.15) is 5.75 Å². The summed E-state index contributed by atoms with van der Waals surface area (Å²) in [7, 11) is 1.58. The van der Waals surface area contributed by atoms with Gasteiger partial charge < -0.3 is 9.84 Å². The van der Waals surface area contributed by atoms with Gasteiger partial charge in [0.25, 0.3) is 5.91 Å². The van der Waals surface area contributed by atoms with E-state index in [0.29, 0.717) is 21.5 Å². The van der Waals surface area contributed by atoms with Crippen LogP contribution in [0.15, 0.2) is 71.1 Å². The molecule has 1 aliphatic rings. The normalized spacial score (nSPS) is 16.6. The molecule has 1 heterocycles. The summed E-state index contributed by atoms with van der Waals surface area (Å²) in [6.45, 7) is 3.96. The fraction of sp³-hybridized carbons (Fsp3) is 0.0952. The van der Waals surface area contributed by atoms with E-state index in [1.54, 1.807) is 37.5 Å². The average molecular weight is 394 g/mol. The number of carboxylic acids is 1. The lowest BCUT2D eigenvalue weighted by atomic mass is 10.2. The van der Waals surface area contributed by atoms with Crippen LogP contribution in [0.2, 0.25) is 0 Å². The molecule has 3 rings (SSSR count). The second kappa shape index (κ2) is 8.58. The maximum Gasteiger partial charge on any atom is 0.337 e. The number of para-hydroxylation sites is 1. The Morgan fingerprint density at radius 3 is 2.79 bits per heavy atom. The van der Waals surface area contributed by atoms with Gasteiger partial charge in [-0.2, -0.15) is 0 Å².